The summed E-state index contributed by atoms with van der Waals surface area (Å²) in [4.78, 5) is 0. The zero-order chi connectivity index (χ0) is 13.7. The lowest BCUT2D eigenvalue weighted by Gasteiger charge is -2.22. The van der Waals surface area contributed by atoms with Crippen LogP contribution < -0.4 is 15.2 Å². The van der Waals surface area contributed by atoms with Crippen LogP contribution in [0.25, 0.3) is 0 Å². The fourth-order valence-electron chi connectivity index (χ4n) is 2.24. The maximum absolute atomic E-state index is 10.2. The van der Waals surface area contributed by atoms with E-state index < -0.39 is 11.9 Å². The number of aliphatic hydroxyl groups is 2. The third-order valence-electron chi connectivity index (χ3n) is 3.32. The van der Waals surface area contributed by atoms with Gasteiger partial charge in [-0.25, -0.2) is 0 Å². The normalized spacial score (nSPS) is 19.1. The molecule has 0 heterocycles. The van der Waals surface area contributed by atoms with Gasteiger partial charge in [0, 0.05) is 6.07 Å². The Morgan fingerprint density at radius 2 is 1.95 bits per heavy atom. The van der Waals surface area contributed by atoms with E-state index in [9.17, 15) is 10.2 Å². The molecular weight excluding hydrogens is 246 g/mol. The van der Waals surface area contributed by atoms with Crippen molar-refractivity contribution in [1.82, 2.24) is 0 Å². The fourth-order valence-corrected chi connectivity index (χ4v) is 2.24. The van der Waals surface area contributed by atoms with Crippen LogP contribution in [-0.2, 0) is 0 Å². The minimum absolute atomic E-state index is 0.0326. The van der Waals surface area contributed by atoms with Crippen molar-refractivity contribution in [1.29, 1.82) is 0 Å². The molecule has 0 aromatic heterocycles. The highest BCUT2D eigenvalue weighted by Crippen LogP contribution is 2.30. The zero-order valence-corrected chi connectivity index (χ0v) is 10.9. The number of benzene rings is 1. The molecule has 5 heteroatoms. The quantitative estimate of drug-likeness (QED) is 0.670. The van der Waals surface area contributed by atoms with Crippen LogP contribution in [0, 0.1) is 0 Å². The lowest BCUT2D eigenvalue weighted by molar-refractivity contribution is -0.00990. The van der Waals surface area contributed by atoms with Crippen LogP contribution in [0.5, 0.6) is 11.5 Å². The molecule has 19 heavy (non-hydrogen) atoms. The summed E-state index contributed by atoms with van der Waals surface area (Å²) in [6.07, 6.45) is 2.65. The van der Waals surface area contributed by atoms with Crippen molar-refractivity contribution in [2.45, 2.75) is 37.6 Å². The minimum atomic E-state index is -1.02. The summed E-state index contributed by atoms with van der Waals surface area (Å²) in [5.41, 5.74) is 4.58. The topological polar surface area (TPSA) is 84.9 Å². The van der Waals surface area contributed by atoms with Crippen molar-refractivity contribution in [3.8, 4) is 11.5 Å². The highest BCUT2D eigenvalue weighted by molar-refractivity contribution is 5.33. The van der Waals surface area contributed by atoms with Gasteiger partial charge in [-0.15, -0.1) is 0 Å². The van der Waals surface area contributed by atoms with Gasteiger partial charge in [0.25, 0.3) is 0 Å². The SMILES string of the molecule is NC[C@@H](O)Oc1cccc(OCC2(O)CCCC2)c1. The molecule has 2 rings (SSSR count). The van der Waals surface area contributed by atoms with Crippen LogP contribution in [0.2, 0.25) is 0 Å². The van der Waals surface area contributed by atoms with Crippen molar-refractivity contribution >= 4 is 0 Å². The van der Waals surface area contributed by atoms with Crippen molar-refractivity contribution in [2.24, 2.45) is 5.73 Å². The van der Waals surface area contributed by atoms with Crippen molar-refractivity contribution in [3.05, 3.63) is 24.3 Å². The van der Waals surface area contributed by atoms with Crippen LogP contribution in [0.3, 0.4) is 0 Å². The van der Waals surface area contributed by atoms with E-state index in [1.807, 2.05) is 0 Å². The van der Waals surface area contributed by atoms with Gasteiger partial charge in [0.05, 0.1) is 12.1 Å². The molecule has 0 amide bonds. The first-order valence-corrected chi connectivity index (χ1v) is 6.61. The Morgan fingerprint density at radius 3 is 2.63 bits per heavy atom. The smallest absolute Gasteiger partial charge is 0.209 e. The van der Waals surface area contributed by atoms with Gasteiger partial charge < -0.3 is 25.4 Å². The molecule has 1 aliphatic rings. The molecule has 1 atom stereocenters. The van der Waals surface area contributed by atoms with Crippen molar-refractivity contribution < 1.29 is 19.7 Å². The monoisotopic (exact) mass is 267 g/mol. The molecule has 0 spiro atoms. The van der Waals surface area contributed by atoms with E-state index in [2.05, 4.69) is 0 Å². The summed E-state index contributed by atoms with van der Waals surface area (Å²) in [5, 5.41) is 19.5. The van der Waals surface area contributed by atoms with Crippen LogP contribution in [0.4, 0.5) is 0 Å². The molecule has 0 unspecified atom stereocenters. The van der Waals surface area contributed by atoms with Gasteiger partial charge >= 0.3 is 0 Å². The summed E-state index contributed by atoms with van der Waals surface area (Å²) < 4.78 is 10.8. The molecule has 0 bridgehead atoms. The van der Waals surface area contributed by atoms with Gasteiger partial charge in [0.1, 0.15) is 18.1 Å². The molecule has 1 aliphatic carbocycles. The van der Waals surface area contributed by atoms with E-state index in [4.69, 9.17) is 15.2 Å². The predicted octanol–water partition coefficient (Wildman–Crippen LogP) is 1.03. The fraction of sp³-hybridized carbons (Fsp3) is 0.571. The van der Waals surface area contributed by atoms with Gasteiger partial charge in [-0.3, -0.25) is 0 Å². The maximum Gasteiger partial charge on any atom is 0.209 e. The van der Waals surface area contributed by atoms with Crippen LogP contribution in [0.15, 0.2) is 24.3 Å². The van der Waals surface area contributed by atoms with Crippen LogP contribution >= 0.6 is 0 Å². The van der Waals surface area contributed by atoms with E-state index in [1.54, 1.807) is 24.3 Å². The number of ether oxygens (including phenoxy) is 2. The summed E-state index contributed by atoms with van der Waals surface area (Å²) >= 11 is 0. The molecule has 106 valence electrons. The average Bonchev–Trinajstić information content (AvgIpc) is 2.84. The Bertz CT molecular complexity index is 404. The molecule has 1 aromatic rings. The molecule has 1 fully saturated rings. The Labute approximate surface area is 113 Å². The number of hydrogen-bond acceptors (Lipinski definition) is 5. The highest BCUT2D eigenvalue weighted by atomic mass is 16.6. The molecule has 1 aromatic carbocycles. The highest BCUT2D eigenvalue weighted by Gasteiger charge is 2.31. The Kier molecular flexibility index (Phi) is 4.63. The molecule has 0 radical (unpaired) electrons. The summed E-state index contributed by atoms with van der Waals surface area (Å²) in [7, 11) is 0. The van der Waals surface area contributed by atoms with Gasteiger partial charge in [0.15, 0.2) is 0 Å². The number of nitrogens with two attached hydrogens (primary N) is 1. The first-order chi connectivity index (χ1) is 9.11. The minimum Gasteiger partial charge on any atom is -0.490 e. The standard InChI is InChI=1S/C14H21NO4/c15-9-13(16)19-12-5-3-4-11(8-12)18-10-14(17)6-1-2-7-14/h3-5,8,13,16-17H,1-2,6-7,9-10,15H2/t13-/m0/s1. The number of aliphatic hydroxyl groups excluding tert-OH is 1. The van der Waals surface area contributed by atoms with Crippen molar-refractivity contribution in [3.63, 3.8) is 0 Å². The predicted molar refractivity (Wildman–Crippen MR) is 71.0 cm³/mol. The third-order valence-corrected chi connectivity index (χ3v) is 3.32. The summed E-state index contributed by atoms with van der Waals surface area (Å²) in [5.74, 6) is 1.11. The second-order valence-electron chi connectivity index (χ2n) is 5.00. The van der Waals surface area contributed by atoms with E-state index in [0.29, 0.717) is 11.5 Å². The van der Waals surface area contributed by atoms with E-state index in [1.165, 1.54) is 0 Å². The molecule has 1 saturated carbocycles. The van der Waals surface area contributed by atoms with E-state index >= 15 is 0 Å². The van der Waals surface area contributed by atoms with Crippen LogP contribution in [0.1, 0.15) is 25.7 Å². The molecular formula is C14H21NO4. The van der Waals surface area contributed by atoms with E-state index in [-0.39, 0.29) is 13.2 Å². The average molecular weight is 267 g/mol. The lowest BCUT2D eigenvalue weighted by atomic mass is 10.0. The second kappa shape index (κ2) is 6.23. The third kappa shape index (κ3) is 4.09. The Hall–Kier alpha value is -1.30. The van der Waals surface area contributed by atoms with Gasteiger partial charge in [-0.1, -0.05) is 18.9 Å². The Balaban J connectivity index is 1.91. The van der Waals surface area contributed by atoms with E-state index in [0.717, 1.165) is 25.7 Å². The zero-order valence-electron chi connectivity index (χ0n) is 10.9. The number of rotatable bonds is 6. The van der Waals surface area contributed by atoms with Gasteiger partial charge in [0.2, 0.25) is 6.29 Å². The molecule has 4 N–H and O–H groups in total. The lowest BCUT2D eigenvalue weighted by Crippen LogP contribution is -2.32. The first kappa shape index (κ1) is 14.1. The largest absolute Gasteiger partial charge is 0.490 e. The van der Waals surface area contributed by atoms with Gasteiger partial charge in [-0.2, -0.15) is 0 Å². The van der Waals surface area contributed by atoms with Crippen molar-refractivity contribution in [2.75, 3.05) is 13.2 Å². The summed E-state index contributed by atoms with van der Waals surface area (Å²) in [6.45, 7) is 0.320. The summed E-state index contributed by atoms with van der Waals surface area (Å²) in [6, 6.07) is 6.96. The number of hydrogen-bond donors (Lipinski definition) is 3. The Morgan fingerprint density at radius 1 is 1.26 bits per heavy atom. The van der Waals surface area contributed by atoms with Gasteiger partial charge in [-0.05, 0) is 25.0 Å². The maximum atomic E-state index is 10.2. The second-order valence-corrected chi connectivity index (χ2v) is 5.00. The van der Waals surface area contributed by atoms with Crippen LogP contribution in [-0.4, -0.2) is 35.3 Å². The molecule has 5 nitrogen and oxygen atoms in total. The first-order valence-electron chi connectivity index (χ1n) is 6.61. The molecule has 0 aliphatic heterocycles. The molecule has 0 saturated heterocycles.